The van der Waals surface area contributed by atoms with Gasteiger partial charge in [0, 0.05) is 0 Å². The minimum Gasteiger partial charge on any atom is -0.493 e. The first-order chi connectivity index (χ1) is 15.2. The van der Waals surface area contributed by atoms with E-state index in [2.05, 4.69) is 10.5 Å². The summed E-state index contributed by atoms with van der Waals surface area (Å²) in [7, 11) is 1.58. The number of fused-ring (bicyclic) bond motifs is 1. The van der Waals surface area contributed by atoms with E-state index in [0.29, 0.717) is 29.6 Å². The van der Waals surface area contributed by atoms with Crippen molar-refractivity contribution in [3.63, 3.8) is 0 Å². The summed E-state index contributed by atoms with van der Waals surface area (Å²) < 4.78 is 22.5. The van der Waals surface area contributed by atoms with E-state index in [4.69, 9.17) is 18.9 Å². The van der Waals surface area contributed by atoms with Gasteiger partial charge in [-0.3, -0.25) is 4.79 Å². The van der Waals surface area contributed by atoms with Crippen molar-refractivity contribution in [1.29, 1.82) is 0 Å². The van der Waals surface area contributed by atoms with Crippen molar-refractivity contribution in [2.75, 3.05) is 13.7 Å². The quantitative estimate of drug-likeness (QED) is 0.469. The Morgan fingerprint density at radius 2 is 1.84 bits per heavy atom. The summed E-state index contributed by atoms with van der Waals surface area (Å²) in [5.41, 5.74) is 4.29. The predicted molar refractivity (Wildman–Crippen MR) is 116 cm³/mol. The third kappa shape index (κ3) is 5.14. The fourth-order valence-electron chi connectivity index (χ4n) is 3.01. The Balaban J connectivity index is 1.34. The fourth-order valence-corrected chi connectivity index (χ4v) is 3.01. The van der Waals surface area contributed by atoms with Gasteiger partial charge in [0.1, 0.15) is 13.2 Å². The Bertz CT molecular complexity index is 1070. The molecule has 7 heteroatoms. The first-order valence-corrected chi connectivity index (χ1v) is 9.79. The van der Waals surface area contributed by atoms with Gasteiger partial charge in [-0.15, -0.1) is 0 Å². The van der Waals surface area contributed by atoms with Gasteiger partial charge in [-0.25, -0.2) is 5.43 Å². The van der Waals surface area contributed by atoms with Crippen LogP contribution in [0.1, 0.15) is 11.1 Å². The van der Waals surface area contributed by atoms with E-state index in [9.17, 15) is 4.79 Å². The highest BCUT2D eigenvalue weighted by Gasteiger charge is 2.26. The molecule has 7 nitrogen and oxygen atoms in total. The minimum absolute atomic E-state index is 0.125. The molecule has 4 rings (SSSR count). The van der Waals surface area contributed by atoms with Crippen LogP contribution in [0.3, 0.4) is 0 Å². The highest BCUT2D eigenvalue weighted by atomic mass is 16.6. The average molecular weight is 418 g/mol. The van der Waals surface area contributed by atoms with E-state index in [1.54, 1.807) is 31.4 Å². The van der Waals surface area contributed by atoms with Crippen LogP contribution >= 0.6 is 0 Å². The van der Waals surface area contributed by atoms with Gasteiger partial charge in [0.25, 0.3) is 5.91 Å². The summed E-state index contributed by atoms with van der Waals surface area (Å²) in [6.45, 7) is 0.562. The lowest BCUT2D eigenvalue weighted by molar-refractivity contribution is -0.130. The topological polar surface area (TPSA) is 78.4 Å². The molecule has 1 atom stereocenters. The number of hydrogen-bond acceptors (Lipinski definition) is 6. The molecule has 31 heavy (non-hydrogen) atoms. The molecule has 1 unspecified atom stereocenters. The molecule has 1 heterocycles. The Morgan fingerprint density at radius 1 is 1.06 bits per heavy atom. The Kier molecular flexibility index (Phi) is 6.32. The van der Waals surface area contributed by atoms with Crippen LogP contribution < -0.4 is 24.4 Å². The lowest BCUT2D eigenvalue weighted by Crippen LogP contribution is -2.42. The number of ether oxygens (including phenoxy) is 4. The van der Waals surface area contributed by atoms with Gasteiger partial charge in [0.2, 0.25) is 6.10 Å². The minimum atomic E-state index is -0.768. The van der Waals surface area contributed by atoms with E-state index in [0.717, 1.165) is 11.1 Å². The molecule has 0 radical (unpaired) electrons. The van der Waals surface area contributed by atoms with E-state index in [1.807, 2.05) is 48.5 Å². The van der Waals surface area contributed by atoms with Crippen LogP contribution in [0.5, 0.6) is 23.0 Å². The number of carbonyl (C=O) groups is 1. The number of para-hydroxylation sites is 2. The molecular formula is C24H22N2O5. The first kappa shape index (κ1) is 20.3. The Labute approximate surface area is 180 Å². The van der Waals surface area contributed by atoms with Gasteiger partial charge in [0.15, 0.2) is 23.0 Å². The molecule has 1 aliphatic heterocycles. The van der Waals surface area contributed by atoms with Crippen LogP contribution in [0.25, 0.3) is 0 Å². The monoisotopic (exact) mass is 418 g/mol. The van der Waals surface area contributed by atoms with Crippen molar-refractivity contribution in [1.82, 2.24) is 5.43 Å². The van der Waals surface area contributed by atoms with Crippen molar-refractivity contribution in [2.45, 2.75) is 12.7 Å². The van der Waals surface area contributed by atoms with Crippen molar-refractivity contribution >= 4 is 12.1 Å². The molecule has 0 fully saturated rings. The zero-order valence-corrected chi connectivity index (χ0v) is 17.0. The molecule has 0 saturated heterocycles. The summed E-state index contributed by atoms with van der Waals surface area (Å²) in [6, 6.07) is 22.5. The number of carbonyl (C=O) groups excluding carboxylic acids is 1. The van der Waals surface area contributed by atoms with Crippen molar-refractivity contribution < 1.29 is 23.7 Å². The lowest BCUT2D eigenvalue weighted by atomic mass is 10.2. The molecule has 1 aliphatic rings. The SMILES string of the molecule is COc1cc(/C=N/NC(=O)C2COc3ccccc3O2)ccc1OCc1ccccc1. The molecule has 1 N–H and O–H groups in total. The Morgan fingerprint density at radius 3 is 2.65 bits per heavy atom. The molecule has 0 aliphatic carbocycles. The molecule has 0 aromatic heterocycles. The zero-order valence-electron chi connectivity index (χ0n) is 17.0. The molecule has 3 aromatic carbocycles. The standard InChI is InChI=1S/C24H22N2O5/c1-28-22-13-18(11-12-20(22)29-15-17-7-3-2-4-8-17)14-25-26-24(27)23-16-30-19-9-5-6-10-21(19)31-23/h2-14,23H,15-16H2,1H3,(H,26,27)/b25-14+. The molecule has 3 aromatic rings. The van der Waals surface area contributed by atoms with Gasteiger partial charge < -0.3 is 18.9 Å². The van der Waals surface area contributed by atoms with E-state index < -0.39 is 6.10 Å². The van der Waals surface area contributed by atoms with E-state index in [1.165, 1.54) is 6.21 Å². The first-order valence-electron chi connectivity index (χ1n) is 9.79. The molecular weight excluding hydrogens is 396 g/mol. The summed E-state index contributed by atoms with van der Waals surface area (Å²) >= 11 is 0. The van der Waals surface area contributed by atoms with Gasteiger partial charge >= 0.3 is 0 Å². The number of hydrazone groups is 1. The largest absolute Gasteiger partial charge is 0.493 e. The smallest absolute Gasteiger partial charge is 0.284 e. The van der Waals surface area contributed by atoms with Crippen molar-refractivity contribution in [2.24, 2.45) is 5.10 Å². The maximum Gasteiger partial charge on any atom is 0.284 e. The number of benzene rings is 3. The van der Waals surface area contributed by atoms with Crippen LogP contribution in [0.2, 0.25) is 0 Å². The van der Waals surface area contributed by atoms with Crippen LogP contribution in [-0.2, 0) is 11.4 Å². The van der Waals surface area contributed by atoms with Crippen LogP contribution in [-0.4, -0.2) is 31.9 Å². The van der Waals surface area contributed by atoms with Gasteiger partial charge in [-0.05, 0) is 41.5 Å². The number of nitrogens with zero attached hydrogens (tertiary/aromatic N) is 1. The summed E-state index contributed by atoms with van der Waals surface area (Å²) in [5, 5.41) is 4.01. The van der Waals surface area contributed by atoms with Gasteiger partial charge in [0.05, 0.1) is 13.3 Å². The third-order valence-electron chi connectivity index (χ3n) is 4.61. The maximum atomic E-state index is 12.3. The van der Waals surface area contributed by atoms with Crippen LogP contribution in [0.15, 0.2) is 77.9 Å². The zero-order chi connectivity index (χ0) is 21.5. The molecule has 0 saturated carbocycles. The number of nitrogens with one attached hydrogen (secondary N) is 1. The molecule has 0 bridgehead atoms. The van der Waals surface area contributed by atoms with E-state index >= 15 is 0 Å². The summed E-state index contributed by atoms with van der Waals surface area (Å²) in [4.78, 5) is 12.3. The van der Waals surface area contributed by atoms with Crippen LogP contribution in [0, 0.1) is 0 Å². The summed E-state index contributed by atoms with van der Waals surface area (Å²) in [5.74, 6) is 1.97. The molecule has 158 valence electrons. The number of rotatable bonds is 7. The highest BCUT2D eigenvalue weighted by Crippen LogP contribution is 2.31. The second-order valence-corrected chi connectivity index (χ2v) is 6.78. The third-order valence-corrected chi connectivity index (χ3v) is 4.61. The van der Waals surface area contributed by atoms with Crippen LogP contribution in [0.4, 0.5) is 0 Å². The molecule has 0 spiro atoms. The predicted octanol–water partition coefficient (Wildman–Crippen LogP) is 3.56. The fraction of sp³-hybridized carbons (Fsp3) is 0.167. The van der Waals surface area contributed by atoms with Gasteiger partial charge in [-0.2, -0.15) is 5.10 Å². The van der Waals surface area contributed by atoms with E-state index in [-0.39, 0.29) is 12.5 Å². The highest BCUT2D eigenvalue weighted by molar-refractivity contribution is 5.85. The van der Waals surface area contributed by atoms with Gasteiger partial charge in [-0.1, -0.05) is 42.5 Å². The lowest BCUT2D eigenvalue weighted by Gasteiger charge is -2.24. The maximum absolute atomic E-state index is 12.3. The average Bonchev–Trinajstić information content (AvgIpc) is 2.83. The van der Waals surface area contributed by atoms with Crippen molar-refractivity contribution in [3.8, 4) is 23.0 Å². The van der Waals surface area contributed by atoms with Crippen molar-refractivity contribution in [3.05, 3.63) is 83.9 Å². The number of methoxy groups -OCH3 is 1. The normalized spacial score (nSPS) is 14.8. The number of amides is 1. The second-order valence-electron chi connectivity index (χ2n) is 6.78. The Hall–Kier alpha value is -4.00. The molecule has 1 amide bonds. The second kappa shape index (κ2) is 9.67. The number of hydrogen-bond donors (Lipinski definition) is 1. The summed E-state index contributed by atoms with van der Waals surface area (Å²) in [6.07, 6.45) is 0.759.